The molecule has 0 aliphatic rings. The van der Waals surface area contributed by atoms with E-state index in [2.05, 4.69) is 45.3 Å². The third-order valence-electron chi connectivity index (χ3n) is 1.52. The van der Waals surface area contributed by atoms with Crippen LogP contribution in [0.1, 0.15) is 0 Å². The fraction of sp³-hybridized carbons (Fsp3) is 0. The van der Waals surface area contributed by atoms with E-state index >= 15 is 0 Å². The van der Waals surface area contributed by atoms with Crippen LogP contribution >= 0.6 is 0 Å². The van der Waals surface area contributed by atoms with Crippen molar-refractivity contribution in [1.82, 2.24) is 4.98 Å². The summed E-state index contributed by atoms with van der Waals surface area (Å²) in [6, 6.07) is 8.31. The Bertz CT molecular complexity index is 351. The number of aromatic amines is 1. The number of aromatic nitrogens is 1. The second kappa shape index (κ2) is 2.15. The first-order valence-corrected chi connectivity index (χ1v) is 3.96. The maximum atomic E-state index is 3.13. The monoisotopic (exact) mass is 196 g/mol. The van der Waals surface area contributed by atoms with E-state index < -0.39 is 0 Å². The van der Waals surface area contributed by atoms with E-state index in [0.717, 1.165) is 0 Å². The minimum atomic E-state index is 1.19. The Morgan fingerprint density at radius 2 is 2.10 bits per heavy atom. The van der Waals surface area contributed by atoms with Gasteiger partial charge in [0.25, 0.3) is 0 Å². The average molecular weight is 195 g/mol. The second-order valence-corrected chi connectivity index (χ2v) is 3.22. The third-order valence-corrected chi connectivity index (χ3v) is 2.06. The Balaban J connectivity index is 2.86. The van der Waals surface area contributed by atoms with Gasteiger partial charge >= 0.3 is 66.8 Å². The number of fused-ring (bicyclic) bond motifs is 1. The molecule has 49 valence electrons. The molecule has 1 aromatic heterocycles. The fourth-order valence-corrected chi connectivity index (χ4v) is 1.44. The van der Waals surface area contributed by atoms with Crippen molar-refractivity contribution in [2.45, 2.75) is 0 Å². The molecule has 2 heteroatoms. The van der Waals surface area contributed by atoms with Crippen molar-refractivity contribution < 1.29 is 0 Å². The number of benzene rings is 1. The molecule has 0 unspecified atom stereocenters. The Hall–Kier alpha value is -0.721. The Morgan fingerprint density at radius 1 is 1.20 bits per heavy atom. The van der Waals surface area contributed by atoms with Crippen LogP contribution in [0.5, 0.6) is 0 Å². The molecule has 0 bridgehead atoms. The van der Waals surface area contributed by atoms with Crippen LogP contribution < -0.4 is 4.46 Å². The van der Waals surface area contributed by atoms with Gasteiger partial charge < -0.3 is 0 Å². The molecule has 10 heavy (non-hydrogen) atoms. The summed E-state index contributed by atoms with van der Waals surface area (Å²) >= 11 is 2.97. The SMILES string of the molecule is [Se]c1ccc2[nH]ccc2c1. The predicted molar refractivity (Wildman–Crippen MR) is 43.7 cm³/mol. The molecule has 0 aliphatic carbocycles. The molecule has 0 atom stereocenters. The van der Waals surface area contributed by atoms with Crippen molar-refractivity contribution in [3.63, 3.8) is 0 Å². The molecular weight excluding hydrogens is 189 g/mol. The summed E-state index contributed by atoms with van der Waals surface area (Å²) in [7, 11) is 0. The van der Waals surface area contributed by atoms with Gasteiger partial charge in [-0.2, -0.15) is 0 Å². The number of nitrogens with one attached hydrogen (secondary N) is 1. The molecule has 0 spiro atoms. The van der Waals surface area contributed by atoms with Gasteiger partial charge in [0.1, 0.15) is 0 Å². The Labute approximate surface area is 67.3 Å². The average Bonchev–Trinajstić information content (AvgIpc) is 2.33. The zero-order chi connectivity index (χ0) is 6.97. The van der Waals surface area contributed by atoms with Gasteiger partial charge in [-0.15, -0.1) is 0 Å². The van der Waals surface area contributed by atoms with E-state index in [1.807, 2.05) is 6.20 Å². The molecule has 1 heterocycles. The van der Waals surface area contributed by atoms with Gasteiger partial charge in [-0.1, -0.05) is 0 Å². The molecule has 0 fully saturated rings. The van der Waals surface area contributed by atoms with Gasteiger partial charge in [0.15, 0.2) is 0 Å². The van der Waals surface area contributed by atoms with Crippen LogP contribution in [-0.2, 0) is 0 Å². The zero-order valence-electron chi connectivity index (χ0n) is 5.29. The van der Waals surface area contributed by atoms with Gasteiger partial charge in [0.05, 0.1) is 0 Å². The molecule has 1 nitrogen and oxygen atoms in total. The van der Waals surface area contributed by atoms with E-state index in [9.17, 15) is 0 Å². The van der Waals surface area contributed by atoms with Gasteiger partial charge in [0, 0.05) is 0 Å². The standard InChI is InChI=1S/C8H6NSe/c10-7-1-2-8-6(5-7)3-4-9-8/h1-5,9H. The van der Waals surface area contributed by atoms with Crippen LogP contribution in [0.15, 0.2) is 30.5 Å². The number of hydrogen-bond acceptors (Lipinski definition) is 0. The summed E-state index contributed by atoms with van der Waals surface area (Å²) in [5.74, 6) is 0. The van der Waals surface area contributed by atoms with Crippen molar-refractivity contribution in [1.29, 1.82) is 0 Å². The summed E-state index contributed by atoms with van der Waals surface area (Å²) in [6.45, 7) is 0. The van der Waals surface area contributed by atoms with Crippen LogP contribution in [0.2, 0.25) is 0 Å². The van der Waals surface area contributed by atoms with Crippen LogP contribution in [0.25, 0.3) is 10.9 Å². The summed E-state index contributed by atoms with van der Waals surface area (Å²) in [5, 5.41) is 1.26. The quantitative estimate of drug-likeness (QED) is 0.602. The first kappa shape index (κ1) is 6.02. The minimum absolute atomic E-state index is 1.19. The molecule has 0 saturated heterocycles. The summed E-state index contributed by atoms with van der Waals surface area (Å²) in [4.78, 5) is 3.13. The third kappa shape index (κ3) is 0.859. The second-order valence-electron chi connectivity index (χ2n) is 2.23. The molecule has 1 radical (unpaired) electrons. The van der Waals surface area contributed by atoms with Crippen molar-refractivity contribution in [2.75, 3.05) is 0 Å². The van der Waals surface area contributed by atoms with Crippen LogP contribution in [-0.4, -0.2) is 21.0 Å². The van der Waals surface area contributed by atoms with Crippen LogP contribution in [0, 0.1) is 0 Å². The molecule has 1 N–H and O–H groups in total. The Morgan fingerprint density at radius 3 is 3.00 bits per heavy atom. The first-order chi connectivity index (χ1) is 4.86. The zero-order valence-corrected chi connectivity index (χ0v) is 7.01. The first-order valence-electron chi connectivity index (χ1n) is 3.10. The predicted octanol–water partition coefficient (Wildman–Crippen LogP) is 0.962. The normalized spacial score (nSPS) is 10.4. The maximum absolute atomic E-state index is 3.13. The van der Waals surface area contributed by atoms with Gasteiger partial charge in [0.2, 0.25) is 0 Å². The fourth-order valence-electron chi connectivity index (χ4n) is 1.03. The molecule has 1 aromatic carbocycles. The van der Waals surface area contributed by atoms with Gasteiger partial charge in [-0.25, -0.2) is 0 Å². The number of rotatable bonds is 0. The van der Waals surface area contributed by atoms with E-state index in [1.54, 1.807) is 0 Å². The van der Waals surface area contributed by atoms with Crippen LogP contribution in [0.4, 0.5) is 0 Å². The van der Waals surface area contributed by atoms with Crippen molar-refractivity contribution in [3.05, 3.63) is 30.5 Å². The molecule has 2 aromatic rings. The topological polar surface area (TPSA) is 15.8 Å². The van der Waals surface area contributed by atoms with E-state index in [-0.39, 0.29) is 0 Å². The molecule has 0 saturated carbocycles. The van der Waals surface area contributed by atoms with E-state index in [4.69, 9.17) is 0 Å². The van der Waals surface area contributed by atoms with Crippen molar-refractivity contribution in [3.8, 4) is 0 Å². The molecule has 0 amide bonds. The molecule has 0 aliphatic heterocycles. The van der Waals surface area contributed by atoms with Gasteiger partial charge in [-0.05, 0) is 0 Å². The van der Waals surface area contributed by atoms with Gasteiger partial charge in [-0.3, -0.25) is 0 Å². The number of H-pyrrole nitrogens is 1. The summed E-state index contributed by atoms with van der Waals surface area (Å²) in [5.41, 5.74) is 1.19. The summed E-state index contributed by atoms with van der Waals surface area (Å²) < 4.78 is 1.19. The van der Waals surface area contributed by atoms with Crippen molar-refractivity contribution >= 4 is 31.4 Å². The molecular formula is C8H6NSe. The van der Waals surface area contributed by atoms with E-state index in [1.165, 1.54) is 15.4 Å². The molecule has 2 rings (SSSR count). The van der Waals surface area contributed by atoms with Crippen LogP contribution in [0.3, 0.4) is 0 Å². The summed E-state index contributed by atoms with van der Waals surface area (Å²) in [6.07, 6.45) is 1.95. The van der Waals surface area contributed by atoms with Crippen molar-refractivity contribution in [2.24, 2.45) is 0 Å². The Kier molecular flexibility index (Phi) is 1.30. The van der Waals surface area contributed by atoms with E-state index in [0.29, 0.717) is 0 Å². The number of hydrogen-bond donors (Lipinski definition) is 1.